The van der Waals surface area contributed by atoms with Gasteiger partial charge in [-0.15, -0.1) is 0 Å². The van der Waals surface area contributed by atoms with Crippen LogP contribution in [0.15, 0.2) is 36.5 Å². The van der Waals surface area contributed by atoms with Crippen LogP contribution in [0.25, 0.3) is 22.3 Å². The number of rotatable bonds is 6. The molecule has 4 heterocycles. The molecule has 5 rings (SSSR count). The average molecular weight is 471 g/mol. The molecular weight excluding hydrogens is 438 g/mol. The van der Waals surface area contributed by atoms with Crippen molar-refractivity contribution in [2.45, 2.75) is 13.5 Å². The van der Waals surface area contributed by atoms with Crippen molar-refractivity contribution in [3.63, 3.8) is 0 Å². The number of piperazine rings is 2. The van der Waals surface area contributed by atoms with Crippen molar-refractivity contribution in [3.05, 3.63) is 36.5 Å². The Hall–Kier alpha value is -2.91. The summed E-state index contributed by atoms with van der Waals surface area (Å²) in [6, 6.07) is 9.64. The van der Waals surface area contributed by atoms with Gasteiger partial charge in [0.2, 0.25) is 0 Å². The number of benzene rings is 1. The van der Waals surface area contributed by atoms with E-state index in [1.165, 1.54) is 0 Å². The Balaban J connectivity index is 1.47. The van der Waals surface area contributed by atoms with Crippen molar-refractivity contribution >= 4 is 22.4 Å². The van der Waals surface area contributed by atoms with E-state index in [-0.39, 0.29) is 5.75 Å². The molecule has 2 fully saturated rings. The molecule has 1 N–H and O–H groups in total. The molecule has 2 aliphatic heterocycles. The first-order chi connectivity index (χ1) is 16.5. The van der Waals surface area contributed by atoms with Gasteiger partial charge in [-0.05, 0) is 37.9 Å². The van der Waals surface area contributed by atoms with Gasteiger partial charge in [-0.25, -0.2) is 4.98 Å². The zero-order valence-electron chi connectivity index (χ0n) is 19.8. The number of anilines is 2. The molecule has 0 unspecified atom stereocenters. The monoisotopic (exact) mass is 470 g/mol. The molecule has 0 atom stereocenters. The summed E-state index contributed by atoms with van der Waals surface area (Å²) >= 11 is 0. The Labute approximate surface area is 198 Å². The molecule has 0 spiro atoms. The zero-order chi connectivity index (χ0) is 23.7. The normalized spacial score (nSPS) is 18.3. The predicted molar refractivity (Wildman–Crippen MR) is 132 cm³/mol. The van der Waals surface area contributed by atoms with Gasteiger partial charge < -0.3 is 29.3 Å². The van der Waals surface area contributed by atoms with Gasteiger partial charge in [0.25, 0.3) is 0 Å². The standard InChI is InChI=1S/C25H32F2N6O/c1-3-31-10-14-32(15-11-31)18-4-5-19(23(16-18)34-25(26)27)21-17-20-22(6-7-28-24(20)29-21)33-12-8-30(2)9-13-33/h4-7,16-17,25H,3,8-15H2,1-2H3,(H,28,29). The summed E-state index contributed by atoms with van der Waals surface area (Å²) in [4.78, 5) is 17.1. The number of pyridine rings is 1. The summed E-state index contributed by atoms with van der Waals surface area (Å²) in [5, 5.41) is 0.991. The largest absolute Gasteiger partial charge is 0.434 e. The van der Waals surface area contributed by atoms with E-state index in [0.29, 0.717) is 5.56 Å². The van der Waals surface area contributed by atoms with Gasteiger partial charge in [0.15, 0.2) is 0 Å². The number of likely N-dealkylation sites (N-methyl/N-ethyl adjacent to an activating group) is 2. The van der Waals surface area contributed by atoms with Gasteiger partial charge in [-0.1, -0.05) is 6.92 Å². The summed E-state index contributed by atoms with van der Waals surface area (Å²) in [5.41, 5.74) is 4.10. The maximum Gasteiger partial charge on any atom is 0.387 e. The summed E-state index contributed by atoms with van der Waals surface area (Å²) in [5.74, 6) is 0.179. The van der Waals surface area contributed by atoms with Crippen LogP contribution in [0, 0.1) is 0 Å². The third-order valence-electron chi connectivity index (χ3n) is 7.01. The lowest BCUT2D eigenvalue weighted by Gasteiger charge is -2.35. The van der Waals surface area contributed by atoms with Crippen molar-refractivity contribution in [2.24, 2.45) is 0 Å². The average Bonchev–Trinajstić information content (AvgIpc) is 3.28. The zero-order valence-corrected chi connectivity index (χ0v) is 19.8. The van der Waals surface area contributed by atoms with E-state index < -0.39 is 6.61 Å². The predicted octanol–water partition coefficient (Wildman–Crippen LogP) is 3.73. The maximum atomic E-state index is 13.4. The molecule has 182 valence electrons. The number of nitrogens with zero attached hydrogens (tertiary/aromatic N) is 5. The fourth-order valence-corrected chi connectivity index (χ4v) is 4.93. The second kappa shape index (κ2) is 9.76. The molecule has 34 heavy (non-hydrogen) atoms. The SMILES string of the molecule is CCN1CCN(c2ccc(-c3cc4c(N5CCN(C)CC5)ccnc4[nH]3)c(OC(F)F)c2)CC1. The van der Waals surface area contributed by atoms with E-state index in [2.05, 4.69) is 43.5 Å². The topological polar surface area (TPSA) is 50.9 Å². The molecular formula is C25H32F2N6O. The van der Waals surface area contributed by atoms with E-state index in [4.69, 9.17) is 4.74 Å². The summed E-state index contributed by atoms with van der Waals surface area (Å²) in [6.07, 6.45) is 1.80. The minimum Gasteiger partial charge on any atom is -0.434 e. The Morgan fingerprint density at radius 3 is 2.41 bits per heavy atom. The van der Waals surface area contributed by atoms with Gasteiger partial charge in [-0.3, -0.25) is 0 Å². The van der Waals surface area contributed by atoms with E-state index in [0.717, 1.165) is 87.0 Å². The molecule has 0 bridgehead atoms. The highest BCUT2D eigenvalue weighted by atomic mass is 19.3. The van der Waals surface area contributed by atoms with Gasteiger partial charge in [0, 0.05) is 86.9 Å². The number of nitrogens with one attached hydrogen (secondary N) is 1. The molecule has 0 aliphatic carbocycles. The van der Waals surface area contributed by atoms with Gasteiger partial charge in [-0.2, -0.15) is 8.78 Å². The number of ether oxygens (including phenoxy) is 1. The second-order valence-corrected chi connectivity index (χ2v) is 9.05. The lowest BCUT2D eigenvalue weighted by Crippen LogP contribution is -2.46. The van der Waals surface area contributed by atoms with Crippen molar-refractivity contribution in [3.8, 4) is 17.0 Å². The highest BCUT2D eigenvalue weighted by molar-refractivity contribution is 5.94. The van der Waals surface area contributed by atoms with Crippen LogP contribution in [0.2, 0.25) is 0 Å². The molecule has 2 saturated heterocycles. The first-order valence-corrected chi connectivity index (χ1v) is 12.0. The van der Waals surface area contributed by atoms with Crippen LogP contribution in [-0.2, 0) is 0 Å². The van der Waals surface area contributed by atoms with Crippen molar-refractivity contribution in [1.29, 1.82) is 0 Å². The number of hydrogen-bond donors (Lipinski definition) is 1. The number of H-pyrrole nitrogens is 1. The molecule has 0 saturated carbocycles. The number of aromatic amines is 1. The Morgan fingerprint density at radius 1 is 0.971 bits per heavy atom. The summed E-state index contributed by atoms with van der Waals surface area (Å²) < 4.78 is 31.7. The first kappa shape index (κ1) is 22.9. The van der Waals surface area contributed by atoms with Crippen LogP contribution in [-0.4, -0.2) is 92.3 Å². The molecule has 0 radical (unpaired) electrons. The molecule has 0 amide bonds. The van der Waals surface area contributed by atoms with Crippen molar-refractivity contribution in [2.75, 3.05) is 75.8 Å². The van der Waals surface area contributed by atoms with Crippen molar-refractivity contribution < 1.29 is 13.5 Å². The molecule has 1 aromatic carbocycles. The lowest BCUT2D eigenvalue weighted by molar-refractivity contribution is -0.0494. The van der Waals surface area contributed by atoms with Crippen LogP contribution >= 0.6 is 0 Å². The van der Waals surface area contributed by atoms with Crippen LogP contribution in [0.4, 0.5) is 20.2 Å². The van der Waals surface area contributed by atoms with Crippen LogP contribution in [0.1, 0.15) is 6.92 Å². The Kier molecular flexibility index (Phi) is 6.56. The van der Waals surface area contributed by atoms with E-state index >= 15 is 0 Å². The highest BCUT2D eigenvalue weighted by Crippen LogP contribution is 2.37. The van der Waals surface area contributed by atoms with Crippen LogP contribution in [0.5, 0.6) is 5.75 Å². The Bertz CT molecular complexity index is 1120. The Morgan fingerprint density at radius 2 is 1.71 bits per heavy atom. The number of hydrogen-bond acceptors (Lipinski definition) is 6. The summed E-state index contributed by atoms with van der Waals surface area (Å²) in [7, 11) is 2.13. The number of fused-ring (bicyclic) bond motifs is 1. The molecule has 9 heteroatoms. The number of halogens is 2. The maximum absolute atomic E-state index is 13.4. The number of aromatic nitrogens is 2. The molecule has 2 aliphatic rings. The molecule has 7 nitrogen and oxygen atoms in total. The minimum absolute atomic E-state index is 0.179. The number of alkyl halides is 2. The molecule has 3 aromatic rings. The quantitative estimate of drug-likeness (QED) is 0.593. The lowest BCUT2D eigenvalue weighted by atomic mass is 10.1. The first-order valence-electron chi connectivity index (χ1n) is 12.0. The third kappa shape index (κ3) is 4.67. The second-order valence-electron chi connectivity index (χ2n) is 9.05. The minimum atomic E-state index is -2.89. The summed E-state index contributed by atoms with van der Waals surface area (Å²) in [6.45, 7) is 7.83. The smallest absolute Gasteiger partial charge is 0.387 e. The fraction of sp³-hybridized carbons (Fsp3) is 0.480. The van der Waals surface area contributed by atoms with Gasteiger partial charge in [0.05, 0.1) is 5.69 Å². The fourth-order valence-electron chi connectivity index (χ4n) is 4.93. The van der Waals surface area contributed by atoms with E-state index in [9.17, 15) is 8.78 Å². The van der Waals surface area contributed by atoms with Crippen LogP contribution in [0.3, 0.4) is 0 Å². The van der Waals surface area contributed by atoms with Crippen LogP contribution < -0.4 is 14.5 Å². The van der Waals surface area contributed by atoms with Crippen molar-refractivity contribution in [1.82, 2.24) is 19.8 Å². The van der Waals surface area contributed by atoms with E-state index in [1.807, 2.05) is 24.3 Å². The third-order valence-corrected chi connectivity index (χ3v) is 7.01. The highest BCUT2D eigenvalue weighted by Gasteiger charge is 2.22. The van der Waals surface area contributed by atoms with Gasteiger partial charge >= 0.3 is 6.61 Å². The molecule has 2 aromatic heterocycles. The van der Waals surface area contributed by atoms with E-state index in [1.54, 1.807) is 12.3 Å². The van der Waals surface area contributed by atoms with Gasteiger partial charge in [0.1, 0.15) is 11.4 Å².